The monoisotopic (exact) mass is 330 g/mol. The number of carbonyl (C=O) groups excluding carboxylic acids is 2. The summed E-state index contributed by atoms with van der Waals surface area (Å²) >= 11 is 0. The van der Waals surface area contributed by atoms with Crippen molar-refractivity contribution in [3.8, 4) is 5.75 Å². The summed E-state index contributed by atoms with van der Waals surface area (Å²) in [6.45, 7) is 4.51. The standard InChI is InChI=1S/C19H26N2O3/c1-12-5-4-6-16(13(12)2)20-17-11-18(22)21(19(17)23)14-7-9-15(24-3)10-8-14/h7-10,12-13,16-17,20H,4-6,11H2,1-3H3/t12-,13+,16+,17+/m0/s1. The molecule has 1 saturated carbocycles. The second kappa shape index (κ2) is 6.93. The number of nitrogens with one attached hydrogen (secondary N) is 1. The van der Waals surface area contributed by atoms with E-state index in [2.05, 4.69) is 19.2 Å². The SMILES string of the molecule is COc1ccc(N2C(=O)C[C@@H](N[C@@H]3CCC[C@H](C)[C@H]3C)C2=O)cc1. The molecule has 24 heavy (non-hydrogen) atoms. The zero-order valence-corrected chi connectivity index (χ0v) is 14.6. The second-order valence-electron chi connectivity index (χ2n) is 7.06. The number of amides is 2. The van der Waals surface area contributed by atoms with Crippen molar-refractivity contribution in [3.63, 3.8) is 0 Å². The lowest BCUT2D eigenvalue weighted by molar-refractivity contribution is -0.121. The maximum atomic E-state index is 12.7. The number of methoxy groups -OCH3 is 1. The summed E-state index contributed by atoms with van der Waals surface area (Å²) in [7, 11) is 1.59. The van der Waals surface area contributed by atoms with Gasteiger partial charge in [-0.05, 0) is 42.5 Å². The zero-order chi connectivity index (χ0) is 17.3. The lowest BCUT2D eigenvalue weighted by Crippen LogP contribution is -2.48. The van der Waals surface area contributed by atoms with E-state index in [1.165, 1.54) is 17.7 Å². The van der Waals surface area contributed by atoms with Gasteiger partial charge >= 0.3 is 0 Å². The Morgan fingerprint density at radius 1 is 1.12 bits per heavy atom. The van der Waals surface area contributed by atoms with Gasteiger partial charge in [-0.3, -0.25) is 9.59 Å². The van der Waals surface area contributed by atoms with E-state index in [-0.39, 0.29) is 18.2 Å². The smallest absolute Gasteiger partial charge is 0.251 e. The van der Waals surface area contributed by atoms with E-state index >= 15 is 0 Å². The zero-order valence-electron chi connectivity index (χ0n) is 14.6. The van der Waals surface area contributed by atoms with Crippen LogP contribution in [-0.4, -0.2) is 31.0 Å². The van der Waals surface area contributed by atoms with E-state index in [1.807, 2.05) is 0 Å². The first-order valence-electron chi connectivity index (χ1n) is 8.78. The van der Waals surface area contributed by atoms with E-state index in [0.29, 0.717) is 29.3 Å². The van der Waals surface area contributed by atoms with Crippen LogP contribution >= 0.6 is 0 Å². The molecule has 1 aliphatic heterocycles. The number of carbonyl (C=O) groups is 2. The average Bonchev–Trinajstić information content (AvgIpc) is 2.86. The molecule has 1 saturated heterocycles. The van der Waals surface area contributed by atoms with Crippen LogP contribution < -0.4 is 15.0 Å². The topological polar surface area (TPSA) is 58.6 Å². The fraction of sp³-hybridized carbons (Fsp3) is 0.579. The molecule has 0 bridgehead atoms. The summed E-state index contributed by atoms with van der Waals surface area (Å²) in [4.78, 5) is 26.4. The number of hydrogen-bond donors (Lipinski definition) is 1. The number of hydrogen-bond acceptors (Lipinski definition) is 4. The molecule has 2 fully saturated rings. The summed E-state index contributed by atoms with van der Waals surface area (Å²) in [5.74, 6) is 1.60. The largest absolute Gasteiger partial charge is 0.497 e. The minimum Gasteiger partial charge on any atom is -0.497 e. The molecular formula is C19H26N2O3. The normalized spacial score (nSPS) is 30.7. The molecule has 1 aromatic rings. The molecule has 130 valence electrons. The first-order valence-corrected chi connectivity index (χ1v) is 8.78. The van der Waals surface area contributed by atoms with Crippen LogP contribution in [0.25, 0.3) is 0 Å². The molecule has 1 aliphatic carbocycles. The maximum absolute atomic E-state index is 12.7. The fourth-order valence-electron chi connectivity index (χ4n) is 3.84. The molecular weight excluding hydrogens is 304 g/mol. The Morgan fingerprint density at radius 3 is 2.50 bits per heavy atom. The third kappa shape index (κ3) is 3.18. The molecule has 4 atom stereocenters. The van der Waals surface area contributed by atoms with Gasteiger partial charge in [-0.1, -0.05) is 26.7 Å². The highest BCUT2D eigenvalue weighted by atomic mass is 16.5. The van der Waals surface area contributed by atoms with Crippen LogP contribution in [0.15, 0.2) is 24.3 Å². The van der Waals surface area contributed by atoms with Gasteiger partial charge in [0.1, 0.15) is 5.75 Å². The van der Waals surface area contributed by atoms with Gasteiger partial charge in [-0.15, -0.1) is 0 Å². The number of nitrogens with zero attached hydrogens (tertiary/aromatic N) is 1. The van der Waals surface area contributed by atoms with Gasteiger partial charge in [0.05, 0.1) is 25.3 Å². The molecule has 1 aromatic carbocycles. The number of ether oxygens (including phenoxy) is 1. The molecule has 5 nitrogen and oxygen atoms in total. The van der Waals surface area contributed by atoms with E-state index in [4.69, 9.17) is 4.74 Å². The molecule has 1 N–H and O–H groups in total. The Balaban J connectivity index is 1.71. The van der Waals surface area contributed by atoms with E-state index in [1.54, 1.807) is 31.4 Å². The van der Waals surface area contributed by atoms with Crippen molar-refractivity contribution >= 4 is 17.5 Å². The maximum Gasteiger partial charge on any atom is 0.251 e. The van der Waals surface area contributed by atoms with Crippen molar-refractivity contribution in [1.82, 2.24) is 5.32 Å². The second-order valence-corrected chi connectivity index (χ2v) is 7.06. The van der Waals surface area contributed by atoms with Crippen molar-refractivity contribution in [2.24, 2.45) is 11.8 Å². The highest BCUT2D eigenvalue weighted by Crippen LogP contribution is 2.31. The van der Waals surface area contributed by atoms with Gasteiger partial charge in [0.15, 0.2) is 0 Å². The Hall–Kier alpha value is -1.88. The molecule has 2 aliphatic rings. The number of rotatable bonds is 4. The van der Waals surface area contributed by atoms with Crippen LogP contribution in [0.3, 0.4) is 0 Å². The number of imide groups is 1. The van der Waals surface area contributed by atoms with Crippen molar-refractivity contribution in [2.45, 2.75) is 51.6 Å². The van der Waals surface area contributed by atoms with Crippen molar-refractivity contribution in [1.29, 1.82) is 0 Å². The van der Waals surface area contributed by atoms with Crippen LogP contribution in [0, 0.1) is 11.8 Å². The lowest BCUT2D eigenvalue weighted by Gasteiger charge is -2.36. The van der Waals surface area contributed by atoms with Gasteiger partial charge in [0.2, 0.25) is 5.91 Å². The Labute approximate surface area is 143 Å². The first-order chi connectivity index (χ1) is 11.5. The summed E-state index contributed by atoms with van der Waals surface area (Å²) in [6.07, 6.45) is 3.74. The van der Waals surface area contributed by atoms with Crippen molar-refractivity contribution in [3.05, 3.63) is 24.3 Å². The summed E-state index contributed by atoms with van der Waals surface area (Å²) in [6, 6.07) is 6.94. The molecule has 1 heterocycles. The average molecular weight is 330 g/mol. The van der Waals surface area contributed by atoms with Crippen LogP contribution in [0.5, 0.6) is 5.75 Å². The van der Waals surface area contributed by atoms with Gasteiger partial charge in [0, 0.05) is 6.04 Å². The molecule has 2 amide bonds. The van der Waals surface area contributed by atoms with Crippen LogP contribution in [0.4, 0.5) is 5.69 Å². The fourth-order valence-corrected chi connectivity index (χ4v) is 3.84. The minimum atomic E-state index is -0.405. The summed E-state index contributed by atoms with van der Waals surface area (Å²) in [5.41, 5.74) is 0.611. The van der Waals surface area contributed by atoms with E-state index in [9.17, 15) is 9.59 Å². The molecule has 0 radical (unpaired) electrons. The summed E-state index contributed by atoms with van der Waals surface area (Å²) in [5, 5.41) is 3.46. The van der Waals surface area contributed by atoms with Crippen molar-refractivity contribution in [2.75, 3.05) is 12.0 Å². The lowest BCUT2D eigenvalue weighted by atomic mass is 9.78. The van der Waals surface area contributed by atoms with Gasteiger partial charge in [-0.25, -0.2) is 4.90 Å². The van der Waals surface area contributed by atoms with Gasteiger partial charge < -0.3 is 10.1 Å². The minimum absolute atomic E-state index is 0.140. The highest BCUT2D eigenvalue weighted by Gasteiger charge is 2.41. The van der Waals surface area contributed by atoms with Crippen LogP contribution in [0.1, 0.15) is 39.5 Å². The highest BCUT2D eigenvalue weighted by molar-refractivity contribution is 6.22. The number of anilines is 1. The molecule has 0 aromatic heterocycles. The third-order valence-electron chi connectivity index (χ3n) is 5.60. The quantitative estimate of drug-likeness (QED) is 0.863. The predicted molar refractivity (Wildman–Crippen MR) is 93.0 cm³/mol. The third-order valence-corrected chi connectivity index (χ3v) is 5.60. The molecule has 5 heteroatoms. The molecule has 0 spiro atoms. The summed E-state index contributed by atoms with van der Waals surface area (Å²) < 4.78 is 5.13. The van der Waals surface area contributed by atoms with E-state index in [0.717, 1.165) is 6.42 Å². The molecule has 0 unspecified atom stereocenters. The van der Waals surface area contributed by atoms with E-state index < -0.39 is 6.04 Å². The van der Waals surface area contributed by atoms with Crippen molar-refractivity contribution < 1.29 is 14.3 Å². The van der Waals surface area contributed by atoms with Crippen LogP contribution in [-0.2, 0) is 9.59 Å². The molecule has 3 rings (SSSR count). The Morgan fingerprint density at radius 2 is 1.83 bits per heavy atom. The van der Waals surface area contributed by atoms with Gasteiger partial charge in [0.25, 0.3) is 5.91 Å². The number of benzene rings is 1. The first kappa shape index (κ1) is 17.0. The van der Waals surface area contributed by atoms with Crippen LogP contribution in [0.2, 0.25) is 0 Å². The van der Waals surface area contributed by atoms with Gasteiger partial charge in [-0.2, -0.15) is 0 Å². The Kier molecular flexibility index (Phi) is 4.90. The predicted octanol–water partition coefficient (Wildman–Crippen LogP) is 2.74. The Bertz CT molecular complexity index is 614.